The van der Waals surface area contributed by atoms with Crippen LogP contribution in [0.25, 0.3) is 0 Å². The van der Waals surface area contributed by atoms with Crippen LogP contribution in [0.3, 0.4) is 0 Å². The van der Waals surface area contributed by atoms with E-state index in [2.05, 4.69) is 22.0 Å². The maximum atomic E-state index is 12.7. The molecule has 1 aromatic heterocycles. The molecule has 3 rings (SSSR count). The Labute approximate surface area is 197 Å². The van der Waals surface area contributed by atoms with Gasteiger partial charge >= 0.3 is 29.6 Å². The van der Waals surface area contributed by atoms with Gasteiger partial charge in [0.2, 0.25) is 5.91 Å². The Balaban J connectivity index is 0.00000300. The van der Waals surface area contributed by atoms with Crippen molar-refractivity contribution in [2.45, 2.75) is 36.1 Å². The van der Waals surface area contributed by atoms with Gasteiger partial charge in [-0.05, 0) is 13.8 Å². The SMILES string of the molecule is C=CCO/N=C(\C(=O)N[C@@H]1C(=O)N2[C@@H]1SC(C)(C)[C@@H]2C(=O)[O-])c1csc(N)n1.[Na+]. The summed E-state index contributed by atoms with van der Waals surface area (Å²) in [5.74, 6) is -2.49. The van der Waals surface area contributed by atoms with Crippen molar-refractivity contribution in [1.82, 2.24) is 15.2 Å². The third-order valence-corrected chi connectivity index (χ3v) is 6.52. The molecular formula is C16H18N5NaO5S2. The number of amides is 2. The summed E-state index contributed by atoms with van der Waals surface area (Å²) in [6, 6.07) is -1.95. The summed E-state index contributed by atoms with van der Waals surface area (Å²) >= 11 is 2.42. The number of thiazole rings is 1. The van der Waals surface area contributed by atoms with E-state index in [1.54, 1.807) is 19.2 Å². The molecule has 2 saturated heterocycles. The Kier molecular flexibility index (Phi) is 7.38. The molecule has 0 unspecified atom stereocenters. The van der Waals surface area contributed by atoms with Crippen molar-refractivity contribution in [3.8, 4) is 0 Å². The second-order valence-electron chi connectivity index (χ2n) is 6.63. The van der Waals surface area contributed by atoms with Gasteiger partial charge in [0.25, 0.3) is 5.91 Å². The van der Waals surface area contributed by atoms with Gasteiger partial charge in [-0.2, -0.15) is 0 Å². The number of nitrogens with one attached hydrogen (secondary N) is 1. The maximum absolute atomic E-state index is 12.7. The minimum atomic E-state index is -1.32. The third-order valence-electron chi connectivity index (χ3n) is 4.28. The normalized spacial score (nSPS) is 24.8. The molecule has 0 aliphatic carbocycles. The molecule has 3 atom stereocenters. The van der Waals surface area contributed by atoms with Crippen LogP contribution in [-0.4, -0.2) is 62.2 Å². The van der Waals surface area contributed by atoms with Crippen LogP contribution in [0.5, 0.6) is 0 Å². The largest absolute Gasteiger partial charge is 1.00 e. The number of aromatic nitrogens is 1. The van der Waals surface area contributed by atoms with E-state index in [4.69, 9.17) is 10.6 Å². The van der Waals surface area contributed by atoms with E-state index in [9.17, 15) is 19.5 Å². The molecule has 3 N–H and O–H groups in total. The van der Waals surface area contributed by atoms with Crippen molar-refractivity contribution < 1.29 is 53.9 Å². The zero-order valence-electron chi connectivity index (χ0n) is 16.1. The van der Waals surface area contributed by atoms with Gasteiger partial charge in [0.05, 0.1) is 12.0 Å². The van der Waals surface area contributed by atoms with Crippen molar-refractivity contribution in [1.29, 1.82) is 0 Å². The standard InChI is InChI=1S/C16H19N5O5S2.Na/c1-4-5-26-20-8(7-6-27-15(17)18-7)11(22)19-9-12(23)21-10(14(24)25)16(2,3)28-13(9)21;/h4,6,9-10,13H,1,5H2,2-3H3,(H2,17,18)(H,19,22)(H,24,25);/q;+1/p-1/b20-8-;/t9-,10+,13-;/m1./s1. The summed E-state index contributed by atoms with van der Waals surface area (Å²) in [4.78, 5) is 46.9. The number of aliphatic carboxylic acids is 1. The first-order valence-corrected chi connectivity index (χ1v) is 9.97. The van der Waals surface area contributed by atoms with Gasteiger partial charge in [-0.1, -0.05) is 17.8 Å². The fraction of sp³-hybridized carbons (Fsp3) is 0.438. The first-order valence-electron chi connectivity index (χ1n) is 8.21. The monoisotopic (exact) mass is 447 g/mol. The Morgan fingerprint density at radius 2 is 2.24 bits per heavy atom. The molecule has 0 bridgehead atoms. The number of anilines is 1. The van der Waals surface area contributed by atoms with Crippen LogP contribution in [0.15, 0.2) is 23.2 Å². The Bertz CT molecular complexity index is 874. The first-order chi connectivity index (χ1) is 13.2. The predicted octanol–water partition coefficient (Wildman–Crippen LogP) is -4.07. The Hall–Kier alpha value is -1.60. The molecule has 29 heavy (non-hydrogen) atoms. The Morgan fingerprint density at radius 3 is 2.79 bits per heavy atom. The van der Waals surface area contributed by atoms with E-state index < -0.39 is 40.0 Å². The van der Waals surface area contributed by atoms with Gasteiger partial charge in [0.15, 0.2) is 10.8 Å². The topological polar surface area (TPSA) is 150 Å². The minimum absolute atomic E-state index is 0. The molecule has 0 aromatic carbocycles. The van der Waals surface area contributed by atoms with Crippen LogP contribution in [0.4, 0.5) is 5.13 Å². The molecule has 1 aromatic rings. The van der Waals surface area contributed by atoms with Gasteiger partial charge in [-0.25, -0.2) is 4.98 Å². The number of carboxylic acid groups (broad SMARTS) is 1. The third kappa shape index (κ3) is 4.45. The minimum Gasteiger partial charge on any atom is -0.548 e. The predicted molar refractivity (Wildman–Crippen MR) is 102 cm³/mol. The van der Waals surface area contributed by atoms with E-state index in [1.165, 1.54) is 22.7 Å². The molecule has 0 saturated carbocycles. The number of β-lactam (4-membered cyclic amide) rings is 1. The van der Waals surface area contributed by atoms with Crippen LogP contribution in [-0.2, 0) is 19.2 Å². The van der Waals surface area contributed by atoms with E-state index in [1.807, 2.05) is 0 Å². The summed E-state index contributed by atoms with van der Waals surface area (Å²) in [6.45, 7) is 7.01. The number of nitrogens with zero attached hydrogens (tertiary/aromatic N) is 3. The van der Waals surface area contributed by atoms with Crippen molar-refractivity contribution in [3.05, 3.63) is 23.7 Å². The van der Waals surface area contributed by atoms with Crippen LogP contribution in [0.2, 0.25) is 0 Å². The fourth-order valence-electron chi connectivity index (χ4n) is 3.09. The molecule has 3 heterocycles. The van der Waals surface area contributed by atoms with Gasteiger partial charge in [-0.3, -0.25) is 9.59 Å². The van der Waals surface area contributed by atoms with E-state index >= 15 is 0 Å². The fourth-order valence-corrected chi connectivity index (χ4v) is 5.26. The molecule has 2 aliphatic rings. The summed E-state index contributed by atoms with van der Waals surface area (Å²) in [5.41, 5.74) is 5.68. The molecule has 10 nitrogen and oxygen atoms in total. The number of carbonyl (C=O) groups excluding carboxylic acids is 3. The summed E-state index contributed by atoms with van der Waals surface area (Å²) in [6.07, 6.45) is 1.46. The average molecular weight is 447 g/mol. The number of nitrogens with two attached hydrogens (primary N) is 1. The van der Waals surface area contributed by atoms with E-state index in [-0.39, 0.29) is 52.7 Å². The van der Waals surface area contributed by atoms with Crippen molar-refractivity contribution >= 4 is 51.7 Å². The molecule has 150 valence electrons. The second-order valence-corrected chi connectivity index (χ2v) is 9.29. The summed E-state index contributed by atoms with van der Waals surface area (Å²) in [7, 11) is 0. The van der Waals surface area contributed by atoms with Crippen molar-refractivity contribution in [2.75, 3.05) is 12.3 Å². The molecule has 0 radical (unpaired) electrons. The van der Waals surface area contributed by atoms with Crippen LogP contribution >= 0.6 is 23.1 Å². The molecule has 13 heteroatoms. The molecule has 2 amide bonds. The number of rotatable bonds is 7. The first kappa shape index (κ1) is 23.7. The quantitative estimate of drug-likeness (QED) is 0.107. The van der Waals surface area contributed by atoms with Gasteiger partial charge in [-0.15, -0.1) is 23.1 Å². The smallest absolute Gasteiger partial charge is 0.548 e. The van der Waals surface area contributed by atoms with Crippen molar-refractivity contribution in [3.63, 3.8) is 0 Å². The number of carbonyl (C=O) groups is 3. The number of carboxylic acids is 1. The number of oxime groups is 1. The van der Waals surface area contributed by atoms with E-state index in [0.717, 1.165) is 11.3 Å². The molecule has 0 spiro atoms. The number of hydrogen-bond acceptors (Lipinski definition) is 10. The zero-order chi connectivity index (χ0) is 20.6. The van der Waals surface area contributed by atoms with Crippen LogP contribution in [0.1, 0.15) is 19.5 Å². The Morgan fingerprint density at radius 1 is 1.55 bits per heavy atom. The number of fused-ring (bicyclic) bond motifs is 1. The molecule has 2 aliphatic heterocycles. The number of thioether (sulfide) groups is 1. The van der Waals surface area contributed by atoms with Crippen LogP contribution in [0, 0.1) is 0 Å². The second kappa shape index (κ2) is 9.04. The number of nitrogen functional groups attached to an aromatic ring is 1. The van der Waals surface area contributed by atoms with Gasteiger partial charge in [0, 0.05) is 10.1 Å². The molecule has 2 fully saturated rings. The summed E-state index contributed by atoms with van der Waals surface area (Å²) in [5, 5.41) is 19.1. The average Bonchev–Trinajstić information content (AvgIpc) is 3.15. The van der Waals surface area contributed by atoms with Crippen LogP contribution < -0.4 is 45.7 Å². The van der Waals surface area contributed by atoms with Gasteiger partial charge in [0.1, 0.15) is 23.7 Å². The molecular weight excluding hydrogens is 429 g/mol. The maximum Gasteiger partial charge on any atom is 1.00 e. The van der Waals surface area contributed by atoms with Gasteiger partial charge < -0.3 is 30.7 Å². The summed E-state index contributed by atoms with van der Waals surface area (Å²) < 4.78 is -0.744. The zero-order valence-corrected chi connectivity index (χ0v) is 19.7. The number of hydrogen-bond donors (Lipinski definition) is 2. The van der Waals surface area contributed by atoms with E-state index in [0.29, 0.717) is 0 Å². The van der Waals surface area contributed by atoms with Crippen molar-refractivity contribution in [2.24, 2.45) is 5.16 Å².